The molecule has 2 rings (SSSR count). The van der Waals surface area contributed by atoms with E-state index in [1.807, 2.05) is 6.92 Å². The van der Waals surface area contributed by atoms with E-state index in [1.54, 1.807) is 6.20 Å². The van der Waals surface area contributed by atoms with Gasteiger partial charge in [-0.15, -0.1) is 0 Å². The molecule has 0 aromatic carbocycles. The molecule has 0 amide bonds. The van der Waals surface area contributed by atoms with Crippen LogP contribution in [0.25, 0.3) is 0 Å². The zero-order valence-corrected chi connectivity index (χ0v) is 12.7. The van der Waals surface area contributed by atoms with Crippen molar-refractivity contribution in [3.05, 3.63) is 17.8 Å². The van der Waals surface area contributed by atoms with Crippen LogP contribution in [0, 0.1) is 18.3 Å². The van der Waals surface area contributed by atoms with Crippen LogP contribution in [0.5, 0.6) is 0 Å². The summed E-state index contributed by atoms with van der Waals surface area (Å²) in [6.07, 6.45) is 3.19. The van der Waals surface area contributed by atoms with E-state index < -0.39 is 0 Å². The highest BCUT2D eigenvalue weighted by atomic mass is 16.5. The minimum absolute atomic E-state index is 0.177. The molecule has 4 heteroatoms. The summed E-state index contributed by atoms with van der Waals surface area (Å²) in [5, 5.41) is 3.52. The second-order valence-electron chi connectivity index (χ2n) is 6.57. The smallest absolute Gasteiger partial charge is 0.208 e. The van der Waals surface area contributed by atoms with E-state index >= 15 is 0 Å². The van der Waals surface area contributed by atoms with E-state index in [-0.39, 0.29) is 5.41 Å². The number of aromatic nitrogens is 1. The number of hydrogen-bond acceptors (Lipinski definition) is 4. The van der Waals surface area contributed by atoms with Crippen molar-refractivity contribution in [1.29, 1.82) is 0 Å². The highest BCUT2D eigenvalue weighted by Gasteiger charge is 2.48. The molecule has 2 atom stereocenters. The van der Waals surface area contributed by atoms with Gasteiger partial charge in [-0.25, -0.2) is 4.98 Å². The molecule has 0 saturated heterocycles. The van der Waals surface area contributed by atoms with Gasteiger partial charge in [0.05, 0.1) is 18.8 Å². The Morgan fingerprint density at radius 2 is 2.26 bits per heavy atom. The Hall–Kier alpha value is -0.870. The van der Waals surface area contributed by atoms with Crippen LogP contribution in [0.1, 0.15) is 45.8 Å². The van der Waals surface area contributed by atoms with Crippen molar-refractivity contribution in [3.63, 3.8) is 0 Å². The summed E-state index contributed by atoms with van der Waals surface area (Å²) in [5.41, 5.74) is 0.177. The second kappa shape index (κ2) is 5.63. The monoisotopic (exact) mass is 266 g/mol. The maximum Gasteiger partial charge on any atom is 0.208 e. The van der Waals surface area contributed by atoms with Crippen LogP contribution in [0.4, 0.5) is 0 Å². The van der Waals surface area contributed by atoms with Gasteiger partial charge in [-0.2, -0.15) is 0 Å². The molecule has 4 nitrogen and oxygen atoms in total. The molecule has 1 fully saturated rings. The fraction of sp³-hybridized carbons (Fsp3) is 0.800. The fourth-order valence-corrected chi connectivity index (χ4v) is 2.52. The Bertz CT molecular complexity index is 412. The maximum atomic E-state index is 5.96. The van der Waals surface area contributed by atoms with Crippen molar-refractivity contribution in [3.8, 4) is 0 Å². The highest BCUT2D eigenvalue weighted by Crippen LogP contribution is 2.43. The number of hydrogen-bond donors (Lipinski definition) is 1. The standard InChI is InChI=1S/C15H26N2O2/c1-10(2)9-18-13-6-12(15(13,4)5)16-8-14-17-7-11(3)19-14/h7,10,12-13,16H,6,8-9H2,1-5H3. The number of oxazole rings is 1. The molecule has 1 aliphatic carbocycles. The summed E-state index contributed by atoms with van der Waals surface area (Å²) in [4.78, 5) is 4.21. The third kappa shape index (κ3) is 3.37. The molecular formula is C15H26N2O2. The summed E-state index contributed by atoms with van der Waals surface area (Å²) in [5.74, 6) is 2.22. The zero-order valence-electron chi connectivity index (χ0n) is 12.7. The van der Waals surface area contributed by atoms with E-state index in [9.17, 15) is 0 Å². The number of ether oxygens (including phenoxy) is 1. The normalized spacial score (nSPS) is 25.6. The van der Waals surface area contributed by atoms with Gasteiger partial charge < -0.3 is 14.5 Å². The van der Waals surface area contributed by atoms with Gasteiger partial charge in [0.2, 0.25) is 5.89 Å². The second-order valence-corrected chi connectivity index (χ2v) is 6.57. The Labute approximate surface area is 115 Å². The molecule has 0 aliphatic heterocycles. The fourth-order valence-electron chi connectivity index (χ4n) is 2.52. The number of rotatable bonds is 6. The maximum absolute atomic E-state index is 5.96. The van der Waals surface area contributed by atoms with Crippen molar-refractivity contribution >= 4 is 0 Å². The molecule has 1 saturated carbocycles. The van der Waals surface area contributed by atoms with Gasteiger partial charge in [0.1, 0.15) is 5.76 Å². The van der Waals surface area contributed by atoms with Crippen LogP contribution >= 0.6 is 0 Å². The van der Waals surface area contributed by atoms with E-state index in [0.29, 0.717) is 24.6 Å². The highest BCUT2D eigenvalue weighted by molar-refractivity contribution is 5.03. The van der Waals surface area contributed by atoms with Gasteiger partial charge >= 0.3 is 0 Å². The van der Waals surface area contributed by atoms with Gasteiger partial charge in [-0.1, -0.05) is 27.7 Å². The quantitative estimate of drug-likeness (QED) is 0.860. The lowest BCUT2D eigenvalue weighted by Crippen LogP contribution is -2.60. The first kappa shape index (κ1) is 14.5. The van der Waals surface area contributed by atoms with Crippen LogP contribution in [-0.4, -0.2) is 23.7 Å². The van der Waals surface area contributed by atoms with Gasteiger partial charge in [0, 0.05) is 18.1 Å². The third-order valence-corrected chi connectivity index (χ3v) is 3.98. The van der Waals surface area contributed by atoms with Crippen molar-refractivity contribution in [1.82, 2.24) is 10.3 Å². The third-order valence-electron chi connectivity index (χ3n) is 3.98. The molecule has 1 heterocycles. The van der Waals surface area contributed by atoms with Crippen molar-refractivity contribution in [2.45, 2.75) is 59.7 Å². The molecule has 1 N–H and O–H groups in total. The van der Waals surface area contributed by atoms with E-state index in [2.05, 4.69) is 38.0 Å². The lowest BCUT2D eigenvalue weighted by atomic mass is 9.64. The average Bonchev–Trinajstić information content (AvgIpc) is 2.72. The Morgan fingerprint density at radius 3 is 2.79 bits per heavy atom. The van der Waals surface area contributed by atoms with E-state index in [4.69, 9.17) is 9.15 Å². The van der Waals surface area contributed by atoms with Gasteiger partial charge in [0.25, 0.3) is 0 Å². The lowest BCUT2D eigenvalue weighted by molar-refractivity contribution is -0.124. The summed E-state index contributed by atoms with van der Waals surface area (Å²) in [6, 6.07) is 0.469. The molecule has 2 unspecified atom stereocenters. The molecule has 108 valence electrons. The van der Waals surface area contributed by atoms with Crippen LogP contribution in [0.3, 0.4) is 0 Å². The first-order valence-corrected chi connectivity index (χ1v) is 7.16. The predicted octanol–water partition coefficient (Wildman–Crippen LogP) is 2.91. The molecule has 0 radical (unpaired) electrons. The van der Waals surface area contributed by atoms with Crippen molar-refractivity contribution < 1.29 is 9.15 Å². The minimum Gasteiger partial charge on any atom is -0.445 e. The molecule has 0 spiro atoms. The summed E-state index contributed by atoms with van der Waals surface area (Å²) in [6.45, 7) is 12.4. The number of nitrogens with one attached hydrogen (secondary N) is 1. The van der Waals surface area contributed by atoms with Crippen LogP contribution in [0.2, 0.25) is 0 Å². The van der Waals surface area contributed by atoms with Gasteiger partial charge in [-0.3, -0.25) is 0 Å². The number of nitrogens with zero attached hydrogens (tertiary/aromatic N) is 1. The van der Waals surface area contributed by atoms with Crippen LogP contribution < -0.4 is 5.32 Å². The Balaban J connectivity index is 1.77. The van der Waals surface area contributed by atoms with Crippen LogP contribution in [0.15, 0.2) is 10.6 Å². The lowest BCUT2D eigenvalue weighted by Gasteiger charge is -2.52. The zero-order chi connectivity index (χ0) is 14.0. The Kier molecular flexibility index (Phi) is 4.31. The van der Waals surface area contributed by atoms with Crippen LogP contribution in [-0.2, 0) is 11.3 Å². The molecule has 1 aromatic heterocycles. The first-order chi connectivity index (χ1) is 8.89. The molecule has 19 heavy (non-hydrogen) atoms. The summed E-state index contributed by atoms with van der Waals surface area (Å²) >= 11 is 0. The van der Waals surface area contributed by atoms with Gasteiger partial charge in [-0.05, 0) is 19.3 Å². The topological polar surface area (TPSA) is 47.3 Å². The summed E-state index contributed by atoms with van der Waals surface area (Å²) < 4.78 is 11.4. The minimum atomic E-state index is 0.177. The molecular weight excluding hydrogens is 240 g/mol. The Morgan fingerprint density at radius 1 is 1.53 bits per heavy atom. The molecule has 1 aromatic rings. The first-order valence-electron chi connectivity index (χ1n) is 7.16. The van der Waals surface area contributed by atoms with Gasteiger partial charge in [0.15, 0.2) is 0 Å². The van der Waals surface area contributed by atoms with E-state index in [1.165, 1.54) is 0 Å². The summed E-state index contributed by atoms with van der Waals surface area (Å²) in [7, 11) is 0. The predicted molar refractivity (Wildman–Crippen MR) is 74.8 cm³/mol. The average molecular weight is 266 g/mol. The molecule has 1 aliphatic rings. The van der Waals surface area contributed by atoms with E-state index in [0.717, 1.165) is 24.7 Å². The SMILES string of the molecule is Cc1cnc(CNC2CC(OCC(C)C)C2(C)C)o1. The largest absolute Gasteiger partial charge is 0.445 e. The molecule has 0 bridgehead atoms. The number of aryl methyl sites for hydroxylation is 1. The van der Waals surface area contributed by atoms with Crippen molar-refractivity contribution in [2.24, 2.45) is 11.3 Å². The van der Waals surface area contributed by atoms with Crippen molar-refractivity contribution in [2.75, 3.05) is 6.61 Å².